The van der Waals surface area contributed by atoms with Crippen LogP contribution in [0.4, 0.5) is 0 Å². The van der Waals surface area contributed by atoms with Gasteiger partial charge in [-0.15, -0.1) is 0 Å². The first-order chi connectivity index (χ1) is 12.5. The lowest BCUT2D eigenvalue weighted by Crippen LogP contribution is -2.53. The van der Waals surface area contributed by atoms with E-state index in [2.05, 4.69) is 24.3 Å². The van der Waals surface area contributed by atoms with Crippen molar-refractivity contribution in [2.24, 2.45) is 39.7 Å². The number of hydrogen-bond donors (Lipinski definition) is 1. The summed E-state index contributed by atoms with van der Waals surface area (Å²) in [6, 6.07) is 0. The van der Waals surface area contributed by atoms with Crippen LogP contribution in [0.25, 0.3) is 0 Å². The Bertz CT molecular complexity index is 589. The molecular formula is C22H36N2O2. The molecule has 0 aromatic carbocycles. The molecule has 4 aliphatic carbocycles. The monoisotopic (exact) mass is 360 g/mol. The predicted molar refractivity (Wildman–Crippen MR) is 104 cm³/mol. The Labute approximate surface area is 158 Å². The average molecular weight is 361 g/mol. The van der Waals surface area contributed by atoms with Gasteiger partial charge in [0.2, 0.25) is 0 Å². The van der Waals surface area contributed by atoms with Gasteiger partial charge in [-0.25, -0.2) is 0 Å². The second kappa shape index (κ2) is 6.92. The number of hydrogen-bond acceptors (Lipinski definition) is 4. The summed E-state index contributed by atoms with van der Waals surface area (Å²) in [5.41, 5.74) is 1.73. The largest absolute Gasteiger partial charge is 0.394 e. The van der Waals surface area contributed by atoms with Gasteiger partial charge in [0.25, 0.3) is 0 Å². The van der Waals surface area contributed by atoms with Crippen molar-refractivity contribution in [1.82, 2.24) is 5.32 Å². The minimum absolute atomic E-state index is 0.00675. The summed E-state index contributed by atoms with van der Waals surface area (Å²) in [4.78, 5) is 18.0. The number of carbonyl (C=O) groups excluding carboxylic acids is 1. The summed E-state index contributed by atoms with van der Waals surface area (Å²) in [5, 5.41) is 7.55. The predicted octanol–water partition coefficient (Wildman–Crippen LogP) is 4.19. The van der Waals surface area contributed by atoms with Gasteiger partial charge < -0.3 is 10.2 Å². The highest BCUT2D eigenvalue weighted by Gasteiger charge is 2.60. The number of nitrogens with zero attached hydrogens (tertiary/aromatic N) is 1. The molecule has 146 valence electrons. The summed E-state index contributed by atoms with van der Waals surface area (Å²) >= 11 is 0. The molecule has 4 nitrogen and oxygen atoms in total. The van der Waals surface area contributed by atoms with Crippen LogP contribution >= 0.6 is 0 Å². The van der Waals surface area contributed by atoms with Crippen molar-refractivity contribution >= 4 is 11.5 Å². The van der Waals surface area contributed by atoms with Crippen LogP contribution in [0.2, 0.25) is 0 Å². The second-order valence-electron chi connectivity index (χ2n) is 9.87. The first-order valence-corrected chi connectivity index (χ1v) is 10.8. The van der Waals surface area contributed by atoms with Crippen LogP contribution in [0.3, 0.4) is 0 Å². The third kappa shape index (κ3) is 2.83. The van der Waals surface area contributed by atoms with Crippen LogP contribution in [0.15, 0.2) is 5.16 Å². The van der Waals surface area contributed by atoms with Crippen LogP contribution in [0.1, 0.15) is 71.6 Å². The first kappa shape index (κ1) is 18.5. The van der Waals surface area contributed by atoms with Crippen LogP contribution in [-0.2, 0) is 9.63 Å². The Morgan fingerprint density at radius 3 is 2.77 bits per heavy atom. The lowest BCUT2D eigenvalue weighted by atomic mass is 9.45. The Kier molecular flexibility index (Phi) is 4.92. The zero-order valence-electron chi connectivity index (χ0n) is 16.9. The minimum Gasteiger partial charge on any atom is -0.394 e. The molecule has 0 aromatic rings. The Hall–Kier alpha value is -0.900. The van der Waals surface area contributed by atoms with Crippen LogP contribution in [0.5, 0.6) is 0 Å². The van der Waals surface area contributed by atoms with Gasteiger partial charge in [0.05, 0.1) is 5.71 Å². The fourth-order valence-corrected chi connectivity index (χ4v) is 7.20. The average Bonchev–Trinajstić information content (AvgIpc) is 2.94. The molecule has 4 unspecified atom stereocenters. The molecule has 4 aliphatic rings. The van der Waals surface area contributed by atoms with Gasteiger partial charge in [0.15, 0.2) is 0 Å². The van der Waals surface area contributed by atoms with E-state index in [1.54, 1.807) is 0 Å². The standard InChI is InChI=1S/C22H36N2O2/c1-21-10-8-16(24-26-13-12-23-3)14-15(21)4-5-17-18-6-7-20(25)22(18,2)11-9-19(17)21/h15,17-19,23H,4-14H2,1-3H3/b24-16-/t15?,17?,18?,19?,21-,22-/m0/s1. The van der Waals surface area contributed by atoms with E-state index in [9.17, 15) is 4.79 Å². The van der Waals surface area contributed by atoms with E-state index >= 15 is 0 Å². The van der Waals surface area contributed by atoms with Crippen molar-refractivity contribution in [2.45, 2.75) is 71.6 Å². The van der Waals surface area contributed by atoms with E-state index in [1.807, 2.05) is 7.05 Å². The van der Waals surface area contributed by atoms with Crippen molar-refractivity contribution in [1.29, 1.82) is 0 Å². The smallest absolute Gasteiger partial charge is 0.139 e. The number of oxime groups is 1. The van der Waals surface area contributed by atoms with E-state index < -0.39 is 0 Å². The molecule has 6 atom stereocenters. The molecule has 1 N–H and O–H groups in total. The van der Waals surface area contributed by atoms with Crippen LogP contribution in [0, 0.1) is 34.5 Å². The Balaban J connectivity index is 1.46. The van der Waals surface area contributed by atoms with E-state index in [0.29, 0.717) is 23.7 Å². The fourth-order valence-electron chi connectivity index (χ4n) is 7.20. The number of carbonyl (C=O) groups is 1. The van der Waals surface area contributed by atoms with Crippen molar-refractivity contribution < 1.29 is 9.63 Å². The highest BCUT2D eigenvalue weighted by molar-refractivity contribution is 5.87. The molecule has 4 fully saturated rings. The maximum atomic E-state index is 12.5. The summed E-state index contributed by atoms with van der Waals surface area (Å²) < 4.78 is 0. The number of fused-ring (bicyclic) bond motifs is 5. The number of Topliss-reactive ketones (excluding diaryl/α,β-unsaturated/α-hetero) is 1. The first-order valence-electron chi connectivity index (χ1n) is 10.8. The van der Waals surface area contributed by atoms with Crippen molar-refractivity contribution in [3.05, 3.63) is 0 Å². The van der Waals surface area contributed by atoms with Gasteiger partial charge in [0.1, 0.15) is 12.4 Å². The zero-order valence-corrected chi connectivity index (χ0v) is 16.9. The number of nitrogens with one attached hydrogen (secondary N) is 1. The summed E-state index contributed by atoms with van der Waals surface area (Å²) in [7, 11) is 1.94. The number of ketones is 1. The molecule has 0 amide bonds. The lowest BCUT2D eigenvalue weighted by Gasteiger charge is -2.59. The molecule has 26 heavy (non-hydrogen) atoms. The molecule has 0 heterocycles. The SMILES string of the molecule is CNCCO/N=C1/CC[C@@]2(C)C(CCC3C2CC[C@]2(C)C(=O)CCC32)C1. The van der Waals surface area contributed by atoms with E-state index in [4.69, 9.17) is 4.84 Å². The highest BCUT2D eigenvalue weighted by Crippen LogP contribution is 2.65. The van der Waals surface area contributed by atoms with Crippen LogP contribution in [-0.4, -0.2) is 31.7 Å². The third-order valence-corrected chi connectivity index (χ3v) is 8.85. The van der Waals surface area contributed by atoms with Gasteiger partial charge in [0, 0.05) is 18.4 Å². The molecule has 4 rings (SSSR count). The quantitative estimate of drug-likeness (QED) is 0.604. The van der Waals surface area contributed by atoms with Crippen molar-refractivity contribution in [3.63, 3.8) is 0 Å². The molecule has 0 saturated heterocycles. The highest BCUT2D eigenvalue weighted by atomic mass is 16.6. The maximum absolute atomic E-state index is 12.5. The van der Waals surface area contributed by atoms with Gasteiger partial charge in [-0.05, 0) is 87.5 Å². The molecule has 0 aliphatic heterocycles. The molecular weight excluding hydrogens is 324 g/mol. The second-order valence-corrected chi connectivity index (χ2v) is 9.87. The van der Waals surface area contributed by atoms with Gasteiger partial charge in [-0.3, -0.25) is 4.79 Å². The number of likely N-dealkylation sites (N-methyl/N-ethyl adjacent to an activating group) is 1. The summed E-state index contributed by atoms with van der Waals surface area (Å²) in [6.45, 7) is 6.35. The van der Waals surface area contributed by atoms with Gasteiger partial charge in [-0.1, -0.05) is 19.0 Å². The minimum atomic E-state index is 0.00675. The molecule has 0 bridgehead atoms. The van der Waals surface area contributed by atoms with Crippen LogP contribution < -0.4 is 5.32 Å². The third-order valence-electron chi connectivity index (χ3n) is 8.85. The maximum Gasteiger partial charge on any atom is 0.139 e. The summed E-state index contributed by atoms with van der Waals surface area (Å²) in [6.07, 6.45) is 10.5. The molecule has 4 heteroatoms. The Morgan fingerprint density at radius 1 is 1.12 bits per heavy atom. The van der Waals surface area contributed by atoms with Crippen molar-refractivity contribution in [3.8, 4) is 0 Å². The van der Waals surface area contributed by atoms with Gasteiger partial charge >= 0.3 is 0 Å². The zero-order chi connectivity index (χ0) is 18.4. The summed E-state index contributed by atoms with van der Waals surface area (Å²) in [5.74, 6) is 3.57. The fraction of sp³-hybridized carbons (Fsp3) is 0.909. The topological polar surface area (TPSA) is 50.7 Å². The molecule has 0 spiro atoms. The number of rotatable bonds is 4. The van der Waals surface area contributed by atoms with Gasteiger partial charge in [-0.2, -0.15) is 0 Å². The van der Waals surface area contributed by atoms with E-state index in [1.165, 1.54) is 31.4 Å². The normalized spacial score (nSPS) is 46.6. The lowest BCUT2D eigenvalue weighted by molar-refractivity contribution is -0.137. The van der Waals surface area contributed by atoms with Crippen molar-refractivity contribution in [2.75, 3.05) is 20.2 Å². The molecule has 0 aromatic heterocycles. The molecule has 4 saturated carbocycles. The van der Waals surface area contributed by atoms with E-state index in [-0.39, 0.29) is 5.41 Å². The molecule has 0 radical (unpaired) electrons. The Morgan fingerprint density at radius 2 is 1.96 bits per heavy atom. The van der Waals surface area contributed by atoms with E-state index in [0.717, 1.165) is 56.4 Å².